The van der Waals surface area contributed by atoms with Crippen LogP contribution in [-0.2, 0) is 17.9 Å². The summed E-state index contributed by atoms with van der Waals surface area (Å²) < 4.78 is 7.80. The lowest BCUT2D eigenvalue weighted by molar-refractivity contribution is 0.00739. The molecule has 1 aliphatic rings. The summed E-state index contributed by atoms with van der Waals surface area (Å²) in [5, 5.41) is 4.19. The predicted molar refractivity (Wildman–Crippen MR) is 65.3 cm³/mol. The molecule has 0 aromatic carbocycles. The van der Waals surface area contributed by atoms with Crippen LogP contribution in [0.25, 0.3) is 0 Å². The van der Waals surface area contributed by atoms with Gasteiger partial charge in [-0.3, -0.25) is 0 Å². The molecule has 96 valence electrons. The Labute approximate surface area is 102 Å². The molecule has 2 unspecified atom stereocenters. The summed E-state index contributed by atoms with van der Waals surface area (Å²) in [6.45, 7) is 3.59. The summed E-state index contributed by atoms with van der Waals surface area (Å²) in [5.41, 5.74) is 5.94. The quantitative estimate of drug-likeness (QED) is 0.843. The van der Waals surface area contributed by atoms with Gasteiger partial charge in [0.1, 0.15) is 12.9 Å². The van der Waals surface area contributed by atoms with Crippen LogP contribution in [0.2, 0.25) is 0 Å². The first-order valence-electron chi connectivity index (χ1n) is 6.53. The first-order valence-corrected chi connectivity index (χ1v) is 6.53. The Morgan fingerprint density at radius 1 is 1.53 bits per heavy atom. The largest absolute Gasteiger partial charge is 0.370 e. The Morgan fingerprint density at radius 2 is 2.41 bits per heavy atom. The second-order valence-electron chi connectivity index (χ2n) is 4.76. The number of rotatable bonds is 5. The molecule has 5 nitrogen and oxygen atoms in total. The molecular weight excluding hydrogens is 216 g/mol. The van der Waals surface area contributed by atoms with Crippen molar-refractivity contribution in [3.8, 4) is 0 Å². The fraction of sp³-hybridized carbons (Fsp3) is 0.833. The lowest BCUT2D eigenvalue weighted by Gasteiger charge is -2.26. The SMILES string of the molecule is CCCn1ncnc1COC1CCCC(N)C1. The van der Waals surface area contributed by atoms with Crippen LogP contribution in [0.5, 0.6) is 0 Å². The smallest absolute Gasteiger partial charge is 0.152 e. The number of hydrogen-bond donors (Lipinski definition) is 1. The maximum absolute atomic E-state index is 5.94. The second kappa shape index (κ2) is 6.12. The maximum atomic E-state index is 5.94. The van der Waals surface area contributed by atoms with E-state index in [1.54, 1.807) is 6.33 Å². The molecule has 1 saturated carbocycles. The van der Waals surface area contributed by atoms with Gasteiger partial charge in [-0.25, -0.2) is 9.67 Å². The van der Waals surface area contributed by atoms with Gasteiger partial charge in [-0.05, 0) is 32.1 Å². The van der Waals surface area contributed by atoms with Gasteiger partial charge < -0.3 is 10.5 Å². The molecule has 0 bridgehead atoms. The molecule has 2 atom stereocenters. The van der Waals surface area contributed by atoms with E-state index >= 15 is 0 Å². The van der Waals surface area contributed by atoms with E-state index in [1.165, 1.54) is 6.42 Å². The van der Waals surface area contributed by atoms with Gasteiger partial charge >= 0.3 is 0 Å². The zero-order chi connectivity index (χ0) is 12.1. The van der Waals surface area contributed by atoms with E-state index < -0.39 is 0 Å². The summed E-state index contributed by atoms with van der Waals surface area (Å²) in [4.78, 5) is 4.23. The van der Waals surface area contributed by atoms with Crippen molar-refractivity contribution in [3.05, 3.63) is 12.2 Å². The van der Waals surface area contributed by atoms with E-state index in [2.05, 4.69) is 17.0 Å². The predicted octanol–water partition coefficient (Wildman–Crippen LogP) is 1.47. The lowest BCUT2D eigenvalue weighted by Crippen LogP contribution is -2.32. The van der Waals surface area contributed by atoms with Gasteiger partial charge in [0.2, 0.25) is 0 Å². The summed E-state index contributed by atoms with van der Waals surface area (Å²) in [5.74, 6) is 0.922. The van der Waals surface area contributed by atoms with Gasteiger partial charge in [-0.1, -0.05) is 6.92 Å². The van der Waals surface area contributed by atoms with Gasteiger partial charge in [0.05, 0.1) is 6.10 Å². The van der Waals surface area contributed by atoms with E-state index in [0.717, 1.165) is 38.1 Å². The molecule has 0 aliphatic heterocycles. The minimum atomic E-state index is 0.297. The molecule has 0 amide bonds. The van der Waals surface area contributed by atoms with E-state index in [9.17, 15) is 0 Å². The Hall–Kier alpha value is -0.940. The van der Waals surface area contributed by atoms with Gasteiger partial charge in [0, 0.05) is 12.6 Å². The topological polar surface area (TPSA) is 66.0 Å². The van der Waals surface area contributed by atoms with E-state index in [4.69, 9.17) is 10.5 Å². The summed E-state index contributed by atoms with van der Waals surface area (Å²) >= 11 is 0. The molecule has 2 rings (SSSR count). The average molecular weight is 238 g/mol. The maximum Gasteiger partial charge on any atom is 0.152 e. The van der Waals surface area contributed by atoms with Crippen LogP contribution in [0.3, 0.4) is 0 Å². The van der Waals surface area contributed by atoms with Crippen LogP contribution < -0.4 is 5.73 Å². The van der Waals surface area contributed by atoms with Gasteiger partial charge in [-0.2, -0.15) is 5.10 Å². The molecule has 1 aromatic heterocycles. The highest BCUT2D eigenvalue weighted by molar-refractivity contribution is 4.83. The molecule has 1 heterocycles. The molecule has 2 N–H and O–H groups in total. The van der Waals surface area contributed by atoms with Crippen molar-refractivity contribution < 1.29 is 4.74 Å². The van der Waals surface area contributed by atoms with Crippen LogP contribution >= 0.6 is 0 Å². The zero-order valence-electron chi connectivity index (χ0n) is 10.5. The number of nitrogens with two attached hydrogens (primary N) is 1. The standard InChI is InChI=1S/C12H22N4O/c1-2-6-16-12(14-9-15-16)8-17-11-5-3-4-10(13)7-11/h9-11H,2-8,13H2,1H3. The number of aryl methyl sites for hydroxylation is 1. The van der Waals surface area contributed by atoms with Crippen LogP contribution in [0.1, 0.15) is 44.9 Å². The van der Waals surface area contributed by atoms with Gasteiger partial charge in [0.15, 0.2) is 5.82 Å². The average Bonchev–Trinajstić information content (AvgIpc) is 2.75. The molecule has 0 radical (unpaired) electrons. The monoisotopic (exact) mass is 238 g/mol. The normalized spacial score (nSPS) is 25.1. The van der Waals surface area contributed by atoms with Crippen LogP contribution in [-0.4, -0.2) is 26.9 Å². The van der Waals surface area contributed by atoms with Crippen molar-refractivity contribution in [2.45, 2.75) is 64.3 Å². The van der Waals surface area contributed by atoms with Gasteiger partial charge in [0.25, 0.3) is 0 Å². The third-order valence-corrected chi connectivity index (χ3v) is 3.25. The van der Waals surface area contributed by atoms with Crippen LogP contribution in [0.4, 0.5) is 0 Å². The summed E-state index contributed by atoms with van der Waals surface area (Å²) in [6.07, 6.45) is 7.35. The molecule has 0 spiro atoms. The molecule has 1 aromatic rings. The zero-order valence-corrected chi connectivity index (χ0v) is 10.5. The minimum absolute atomic E-state index is 0.297. The second-order valence-corrected chi connectivity index (χ2v) is 4.76. The van der Waals surface area contributed by atoms with E-state index in [-0.39, 0.29) is 0 Å². The Morgan fingerprint density at radius 3 is 3.18 bits per heavy atom. The fourth-order valence-electron chi connectivity index (χ4n) is 2.32. The van der Waals surface area contributed by atoms with Crippen LogP contribution in [0, 0.1) is 0 Å². The van der Waals surface area contributed by atoms with E-state index in [1.807, 2.05) is 4.68 Å². The van der Waals surface area contributed by atoms with Crippen LogP contribution in [0.15, 0.2) is 6.33 Å². The first-order chi connectivity index (χ1) is 8.29. The minimum Gasteiger partial charge on any atom is -0.370 e. The van der Waals surface area contributed by atoms with Crippen molar-refractivity contribution in [1.29, 1.82) is 0 Å². The third-order valence-electron chi connectivity index (χ3n) is 3.25. The molecular formula is C12H22N4O. The molecule has 1 aliphatic carbocycles. The number of nitrogens with zero attached hydrogens (tertiary/aromatic N) is 3. The Bertz CT molecular complexity index is 339. The van der Waals surface area contributed by atoms with Gasteiger partial charge in [-0.15, -0.1) is 0 Å². The molecule has 5 heteroatoms. The highest BCUT2D eigenvalue weighted by atomic mass is 16.5. The van der Waals surface area contributed by atoms with Crippen molar-refractivity contribution in [1.82, 2.24) is 14.8 Å². The fourth-order valence-corrected chi connectivity index (χ4v) is 2.32. The summed E-state index contributed by atoms with van der Waals surface area (Å²) in [7, 11) is 0. The number of aromatic nitrogens is 3. The van der Waals surface area contributed by atoms with Crippen molar-refractivity contribution in [2.75, 3.05) is 0 Å². The molecule has 1 fully saturated rings. The summed E-state index contributed by atoms with van der Waals surface area (Å²) in [6, 6.07) is 0.308. The van der Waals surface area contributed by atoms with Crippen molar-refractivity contribution in [3.63, 3.8) is 0 Å². The molecule has 17 heavy (non-hydrogen) atoms. The van der Waals surface area contributed by atoms with E-state index in [0.29, 0.717) is 18.8 Å². The Balaban J connectivity index is 1.82. The van der Waals surface area contributed by atoms with Crippen molar-refractivity contribution >= 4 is 0 Å². The third kappa shape index (κ3) is 3.51. The van der Waals surface area contributed by atoms with Crippen molar-refractivity contribution in [2.24, 2.45) is 5.73 Å². The Kier molecular flexibility index (Phi) is 4.50. The highest BCUT2D eigenvalue weighted by Crippen LogP contribution is 2.20. The lowest BCUT2D eigenvalue weighted by atomic mass is 9.94. The highest BCUT2D eigenvalue weighted by Gasteiger charge is 2.20. The molecule has 0 saturated heterocycles. The number of ether oxygens (including phenoxy) is 1. The number of hydrogen-bond acceptors (Lipinski definition) is 4. The first kappa shape index (κ1) is 12.5.